The number of likely N-dealkylation sites (N-methyl/N-ethyl adjacent to an activating group) is 1. The van der Waals surface area contributed by atoms with Gasteiger partial charge in [-0.3, -0.25) is 4.99 Å². The molecule has 0 heterocycles. The summed E-state index contributed by atoms with van der Waals surface area (Å²) in [6, 6.07) is 9.26. The van der Waals surface area contributed by atoms with E-state index < -0.39 is 0 Å². The summed E-state index contributed by atoms with van der Waals surface area (Å²) in [5, 5.41) is 6.78. The van der Waals surface area contributed by atoms with Crippen molar-refractivity contribution in [3.8, 4) is 0 Å². The smallest absolute Gasteiger partial charge is 0.191 e. The Hall–Kier alpha value is -1.55. The number of aryl methyl sites for hydroxylation is 1. The first-order valence-electron chi connectivity index (χ1n) is 8.15. The van der Waals surface area contributed by atoms with Crippen molar-refractivity contribution in [1.82, 2.24) is 15.5 Å². The average molecular weight is 304 g/mol. The van der Waals surface area contributed by atoms with Crippen molar-refractivity contribution in [3.05, 3.63) is 35.4 Å². The van der Waals surface area contributed by atoms with Gasteiger partial charge in [0.15, 0.2) is 5.96 Å². The molecule has 0 bridgehead atoms. The van der Waals surface area contributed by atoms with Crippen molar-refractivity contribution in [2.45, 2.75) is 39.7 Å². The van der Waals surface area contributed by atoms with Crippen LogP contribution in [0.25, 0.3) is 0 Å². The first kappa shape index (κ1) is 18.5. The van der Waals surface area contributed by atoms with E-state index in [9.17, 15) is 0 Å². The van der Waals surface area contributed by atoms with Crippen molar-refractivity contribution in [3.63, 3.8) is 0 Å². The summed E-state index contributed by atoms with van der Waals surface area (Å²) < 4.78 is 0. The van der Waals surface area contributed by atoms with E-state index in [0.29, 0.717) is 12.0 Å². The van der Waals surface area contributed by atoms with Crippen LogP contribution in [0.5, 0.6) is 0 Å². The maximum Gasteiger partial charge on any atom is 0.191 e. The Labute approximate surface area is 136 Å². The number of benzene rings is 1. The van der Waals surface area contributed by atoms with E-state index >= 15 is 0 Å². The predicted molar refractivity (Wildman–Crippen MR) is 96.7 cm³/mol. The predicted octanol–water partition coefficient (Wildman–Crippen LogP) is 2.60. The van der Waals surface area contributed by atoms with Crippen LogP contribution in [0.1, 0.15) is 37.8 Å². The van der Waals surface area contributed by atoms with Gasteiger partial charge in [0.05, 0.1) is 0 Å². The summed E-state index contributed by atoms with van der Waals surface area (Å²) in [4.78, 5) is 6.60. The van der Waals surface area contributed by atoms with Crippen LogP contribution >= 0.6 is 0 Å². The molecule has 0 fully saturated rings. The molecule has 124 valence electrons. The Morgan fingerprint density at radius 3 is 2.55 bits per heavy atom. The standard InChI is InChI=1S/C18H32N4/c1-14(2)22(6)11-10-20-18(19-5)21-13-16(4)17-9-7-8-15(3)12-17/h7-9,12,14,16H,10-11,13H2,1-6H3,(H2,19,20,21). The zero-order chi connectivity index (χ0) is 16.5. The second-order valence-electron chi connectivity index (χ2n) is 6.27. The van der Waals surface area contributed by atoms with E-state index in [4.69, 9.17) is 0 Å². The zero-order valence-corrected chi connectivity index (χ0v) is 15.0. The second-order valence-corrected chi connectivity index (χ2v) is 6.27. The van der Waals surface area contributed by atoms with Crippen molar-refractivity contribution >= 4 is 5.96 Å². The third-order valence-corrected chi connectivity index (χ3v) is 4.05. The van der Waals surface area contributed by atoms with E-state index in [1.807, 2.05) is 7.05 Å². The molecule has 0 amide bonds. The summed E-state index contributed by atoms with van der Waals surface area (Å²) in [5.74, 6) is 1.33. The maximum atomic E-state index is 4.29. The fraction of sp³-hybridized carbons (Fsp3) is 0.611. The van der Waals surface area contributed by atoms with Crippen LogP contribution in [0.15, 0.2) is 29.3 Å². The zero-order valence-electron chi connectivity index (χ0n) is 15.0. The third-order valence-electron chi connectivity index (χ3n) is 4.05. The Morgan fingerprint density at radius 2 is 1.95 bits per heavy atom. The summed E-state index contributed by atoms with van der Waals surface area (Å²) >= 11 is 0. The molecule has 0 saturated heterocycles. The number of guanidine groups is 1. The van der Waals surface area contributed by atoms with Gasteiger partial charge in [0.1, 0.15) is 0 Å². The summed E-state index contributed by atoms with van der Waals surface area (Å²) in [6.07, 6.45) is 0. The van der Waals surface area contributed by atoms with Gasteiger partial charge >= 0.3 is 0 Å². The van der Waals surface area contributed by atoms with Crippen LogP contribution in [-0.2, 0) is 0 Å². The normalized spacial score (nSPS) is 13.5. The van der Waals surface area contributed by atoms with Crippen LogP contribution in [-0.4, -0.2) is 50.6 Å². The Balaban J connectivity index is 2.38. The van der Waals surface area contributed by atoms with E-state index in [-0.39, 0.29) is 0 Å². The highest BCUT2D eigenvalue weighted by atomic mass is 15.2. The van der Waals surface area contributed by atoms with E-state index in [0.717, 1.165) is 25.6 Å². The molecule has 0 spiro atoms. The summed E-state index contributed by atoms with van der Waals surface area (Å²) in [5.41, 5.74) is 2.67. The monoisotopic (exact) mass is 304 g/mol. The second kappa shape index (κ2) is 9.46. The minimum absolute atomic E-state index is 0.455. The van der Waals surface area contributed by atoms with Gasteiger partial charge in [-0.2, -0.15) is 0 Å². The highest BCUT2D eigenvalue weighted by Gasteiger charge is 2.07. The van der Waals surface area contributed by atoms with Crippen LogP contribution in [0.2, 0.25) is 0 Å². The van der Waals surface area contributed by atoms with Gasteiger partial charge in [-0.25, -0.2) is 0 Å². The van der Waals surface area contributed by atoms with Crippen molar-refractivity contribution < 1.29 is 0 Å². The highest BCUT2D eigenvalue weighted by Crippen LogP contribution is 2.15. The Kier molecular flexibility index (Phi) is 7.96. The third kappa shape index (κ3) is 6.48. The van der Waals surface area contributed by atoms with E-state index in [2.05, 4.69) is 79.5 Å². The number of rotatable bonds is 7. The van der Waals surface area contributed by atoms with Crippen LogP contribution in [0.4, 0.5) is 0 Å². The maximum absolute atomic E-state index is 4.29. The molecule has 0 saturated carbocycles. The SMILES string of the molecule is CN=C(NCCN(C)C(C)C)NCC(C)c1cccc(C)c1. The molecule has 22 heavy (non-hydrogen) atoms. The van der Waals surface area contributed by atoms with E-state index in [1.165, 1.54) is 11.1 Å². The fourth-order valence-electron chi connectivity index (χ4n) is 2.17. The molecule has 0 aliphatic carbocycles. The van der Waals surface area contributed by atoms with Gasteiger partial charge < -0.3 is 15.5 Å². The topological polar surface area (TPSA) is 39.7 Å². The van der Waals surface area contributed by atoms with Crippen LogP contribution < -0.4 is 10.6 Å². The largest absolute Gasteiger partial charge is 0.356 e. The molecule has 1 atom stereocenters. The van der Waals surface area contributed by atoms with E-state index in [1.54, 1.807) is 0 Å². The molecule has 1 rings (SSSR count). The van der Waals surface area contributed by atoms with Crippen molar-refractivity contribution in [2.24, 2.45) is 4.99 Å². The number of aliphatic imine (C=N–C) groups is 1. The molecule has 1 unspecified atom stereocenters. The minimum atomic E-state index is 0.455. The molecule has 4 heteroatoms. The van der Waals surface area contributed by atoms with Gasteiger partial charge in [0, 0.05) is 32.7 Å². The number of nitrogens with one attached hydrogen (secondary N) is 2. The lowest BCUT2D eigenvalue weighted by Crippen LogP contribution is -2.43. The van der Waals surface area contributed by atoms with Gasteiger partial charge in [-0.15, -0.1) is 0 Å². The molecule has 0 aliphatic heterocycles. The molecule has 1 aromatic rings. The number of hydrogen-bond acceptors (Lipinski definition) is 2. The number of nitrogens with zero attached hydrogens (tertiary/aromatic N) is 2. The first-order chi connectivity index (χ1) is 10.4. The molecule has 0 radical (unpaired) electrons. The number of hydrogen-bond donors (Lipinski definition) is 2. The lowest BCUT2D eigenvalue weighted by atomic mass is 9.99. The van der Waals surface area contributed by atoms with Gasteiger partial charge in [-0.1, -0.05) is 36.8 Å². The molecule has 2 N–H and O–H groups in total. The van der Waals surface area contributed by atoms with Crippen LogP contribution in [0.3, 0.4) is 0 Å². The first-order valence-corrected chi connectivity index (χ1v) is 8.15. The average Bonchev–Trinajstić information content (AvgIpc) is 2.49. The van der Waals surface area contributed by atoms with Crippen molar-refractivity contribution in [2.75, 3.05) is 33.7 Å². The van der Waals surface area contributed by atoms with Crippen LogP contribution in [0, 0.1) is 6.92 Å². The molecule has 0 aliphatic rings. The molecular weight excluding hydrogens is 272 g/mol. The van der Waals surface area contributed by atoms with Gasteiger partial charge in [-0.05, 0) is 39.3 Å². The van der Waals surface area contributed by atoms with Crippen molar-refractivity contribution in [1.29, 1.82) is 0 Å². The molecule has 0 aromatic heterocycles. The fourth-order valence-corrected chi connectivity index (χ4v) is 2.17. The van der Waals surface area contributed by atoms with Gasteiger partial charge in [0.2, 0.25) is 0 Å². The summed E-state index contributed by atoms with van der Waals surface area (Å²) in [6.45, 7) is 11.6. The summed E-state index contributed by atoms with van der Waals surface area (Å²) in [7, 11) is 3.96. The lowest BCUT2D eigenvalue weighted by Gasteiger charge is -2.22. The minimum Gasteiger partial charge on any atom is -0.356 e. The quantitative estimate of drug-likeness (QED) is 0.601. The lowest BCUT2D eigenvalue weighted by molar-refractivity contribution is 0.278. The van der Waals surface area contributed by atoms with Gasteiger partial charge in [0.25, 0.3) is 0 Å². The highest BCUT2D eigenvalue weighted by molar-refractivity contribution is 5.79. The molecule has 1 aromatic carbocycles. The molecule has 4 nitrogen and oxygen atoms in total. The Bertz CT molecular complexity index is 468. The Morgan fingerprint density at radius 1 is 1.23 bits per heavy atom. The molecular formula is C18H32N4.